The van der Waals surface area contributed by atoms with Crippen molar-refractivity contribution in [2.75, 3.05) is 0 Å². The monoisotopic (exact) mass is 581 g/mol. The van der Waals surface area contributed by atoms with Crippen molar-refractivity contribution in [3.05, 3.63) is 70.6 Å². The van der Waals surface area contributed by atoms with Gasteiger partial charge in [0.15, 0.2) is 23.3 Å². The molecule has 0 bridgehead atoms. The molecule has 2 amide bonds. The third-order valence-corrected chi connectivity index (χ3v) is 6.55. The minimum absolute atomic E-state index is 0.0401. The number of hydrogen-bond acceptors (Lipinski definition) is 4. The molecule has 2 aromatic carbocycles. The Morgan fingerprint density at radius 1 is 0.927 bits per heavy atom. The molecule has 0 aliphatic carbocycles. The Hall–Kier alpha value is -3.47. The van der Waals surface area contributed by atoms with E-state index >= 15 is 0 Å². The van der Waals surface area contributed by atoms with E-state index < -0.39 is 52.5 Å². The van der Waals surface area contributed by atoms with Gasteiger partial charge in [-0.15, -0.1) is 0 Å². The van der Waals surface area contributed by atoms with Gasteiger partial charge < -0.3 is 20.7 Å². The van der Waals surface area contributed by atoms with Crippen molar-refractivity contribution in [1.29, 1.82) is 0 Å². The fraction of sp³-hybridized carbons (Fsp3) is 0.467. The van der Waals surface area contributed by atoms with Crippen LogP contribution in [0.2, 0.25) is 0 Å². The third kappa shape index (κ3) is 8.51. The lowest BCUT2D eigenvalue weighted by molar-refractivity contribution is -0.128. The Morgan fingerprint density at radius 2 is 1.44 bits per heavy atom. The summed E-state index contributed by atoms with van der Waals surface area (Å²) in [5.41, 5.74) is -1.10. The van der Waals surface area contributed by atoms with Crippen LogP contribution in [0.25, 0.3) is 6.08 Å². The summed E-state index contributed by atoms with van der Waals surface area (Å²) in [6.07, 6.45) is 2.38. The van der Waals surface area contributed by atoms with Crippen molar-refractivity contribution >= 4 is 17.9 Å². The van der Waals surface area contributed by atoms with Gasteiger partial charge in [-0.2, -0.15) is 0 Å². The van der Waals surface area contributed by atoms with Crippen LogP contribution in [0.1, 0.15) is 65.5 Å². The van der Waals surface area contributed by atoms with Gasteiger partial charge in [-0.25, -0.2) is 22.0 Å². The standard InChI is InChI=1S/C30H36F5N3O3/c1-16(2)41-19-9-7-17(8-10-19)13-21(28(40)36-18-14-29(3,4)38-30(5,6)15-18)37-22(39)12-11-20-23(31)25(33)27(35)26(34)24(20)32/h7-12,16,18,21,38H,13-15H2,1-6H3,(H,36,40)(H,37,39)/b12-11+. The zero-order valence-corrected chi connectivity index (χ0v) is 23.9. The lowest BCUT2D eigenvalue weighted by Gasteiger charge is -2.46. The molecule has 1 saturated heterocycles. The zero-order chi connectivity index (χ0) is 30.7. The molecule has 1 atom stereocenters. The quantitative estimate of drug-likeness (QED) is 0.162. The number of nitrogens with one attached hydrogen (secondary N) is 3. The molecule has 1 unspecified atom stereocenters. The van der Waals surface area contributed by atoms with Gasteiger partial charge >= 0.3 is 0 Å². The van der Waals surface area contributed by atoms with Gasteiger partial charge in [-0.05, 0) is 78.2 Å². The highest BCUT2D eigenvalue weighted by molar-refractivity contribution is 5.95. The third-order valence-electron chi connectivity index (χ3n) is 6.55. The number of piperidine rings is 1. The maximum Gasteiger partial charge on any atom is 0.244 e. The lowest BCUT2D eigenvalue weighted by Crippen LogP contribution is -2.63. The summed E-state index contributed by atoms with van der Waals surface area (Å²) in [5, 5.41) is 9.03. The molecule has 2 aromatic rings. The molecule has 1 aliphatic rings. The summed E-state index contributed by atoms with van der Waals surface area (Å²) in [4.78, 5) is 26.2. The molecular formula is C30H36F5N3O3. The van der Waals surface area contributed by atoms with Crippen molar-refractivity contribution in [2.24, 2.45) is 0 Å². The van der Waals surface area contributed by atoms with Crippen molar-refractivity contribution in [2.45, 2.75) is 90.1 Å². The summed E-state index contributed by atoms with van der Waals surface area (Å²) in [7, 11) is 0. The van der Waals surface area contributed by atoms with Crippen LogP contribution in [-0.4, -0.2) is 41.1 Å². The molecule has 6 nitrogen and oxygen atoms in total. The van der Waals surface area contributed by atoms with Gasteiger partial charge in [0.2, 0.25) is 17.6 Å². The summed E-state index contributed by atoms with van der Waals surface area (Å²) in [6, 6.07) is 5.62. The van der Waals surface area contributed by atoms with E-state index in [1.807, 2.05) is 41.5 Å². The predicted molar refractivity (Wildman–Crippen MR) is 146 cm³/mol. The first-order valence-corrected chi connectivity index (χ1v) is 13.3. The molecule has 224 valence electrons. The highest BCUT2D eigenvalue weighted by Gasteiger charge is 2.39. The van der Waals surface area contributed by atoms with Gasteiger partial charge in [0.1, 0.15) is 11.8 Å². The molecule has 1 heterocycles. The Kier molecular flexibility index (Phi) is 9.84. The maximum absolute atomic E-state index is 14.0. The van der Waals surface area contributed by atoms with Crippen molar-refractivity contribution in [3.63, 3.8) is 0 Å². The number of carbonyl (C=O) groups excluding carboxylic acids is 2. The van der Waals surface area contributed by atoms with Crippen LogP contribution < -0.4 is 20.7 Å². The van der Waals surface area contributed by atoms with Crippen LogP contribution in [0, 0.1) is 29.1 Å². The van der Waals surface area contributed by atoms with Crippen LogP contribution in [0.15, 0.2) is 30.3 Å². The Balaban J connectivity index is 1.83. The van der Waals surface area contributed by atoms with Gasteiger partial charge in [0.25, 0.3) is 0 Å². The smallest absolute Gasteiger partial charge is 0.244 e. The van der Waals surface area contributed by atoms with Crippen LogP contribution in [-0.2, 0) is 16.0 Å². The molecule has 0 aromatic heterocycles. The SMILES string of the molecule is CC(C)Oc1ccc(CC(NC(=O)/C=C/c2c(F)c(F)c(F)c(F)c2F)C(=O)NC2CC(C)(C)NC(C)(C)C2)cc1. The zero-order valence-electron chi connectivity index (χ0n) is 23.9. The topological polar surface area (TPSA) is 79.5 Å². The first-order valence-electron chi connectivity index (χ1n) is 13.3. The number of ether oxygens (including phenoxy) is 1. The molecule has 0 spiro atoms. The van der Waals surface area contributed by atoms with Gasteiger partial charge in [0, 0.05) is 29.6 Å². The summed E-state index contributed by atoms with van der Waals surface area (Å²) in [5.74, 6) is -11.5. The average molecular weight is 582 g/mol. The van der Waals surface area contributed by atoms with Crippen molar-refractivity contribution in [3.8, 4) is 5.75 Å². The first-order chi connectivity index (χ1) is 19.0. The number of amides is 2. The fourth-order valence-electron chi connectivity index (χ4n) is 5.29. The summed E-state index contributed by atoms with van der Waals surface area (Å²) >= 11 is 0. The molecule has 11 heteroatoms. The maximum atomic E-state index is 14.0. The van der Waals surface area contributed by atoms with Crippen LogP contribution in [0.5, 0.6) is 5.75 Å². The molecule has 0 saturated carbocycles. The van der Waals surface area contributed by atoms with Gasteiger partial charge in [-0.3, -0.25) is 9.59 Å². The second-order valence-electron chi connectivity index (χ2n) is 11.9. The normalized spacial score (nSPS) is 17.5. The van der Waals surface area contributed by atoms with Crippen LogP contribution in [0.3, 0.4) is 0 Å². The predicted octanol–water partition coefficient (Wildman–Crippen LogP) is 5.34. The molecule has 41 heavy (non-hydrogen) atoms. The number of carbonyl (C=O) groups is 2. The highest BCUT2D eigenvalue weighted by atomic mass is 19.2. The van der Waals surface area contributed by atoms with E-state index in [0.717, 1.165) is 0 Å². The molecule has 1 aliphatic heterocycles. The second kappa shape index (κ2) is 12.6. The summed E-state index contributed by atoms with van der Waals surface area (Å²) in [6.45, 7) is 11.9. The fourth-order valence-corrected chi connectivity index (χ4v) is 5.29. The minimum Gasteiger partial charge on any atom is -0.491 e. The molecule has 1 fully saturated rings. The van der Waals surface area contributed by atoms with E-state index in [1.165, 1.54) is 0 Å². The lowest BCUT2D eigenvalue weighted by atomic mass is 9.79. The Morgan fingerprint density at radius 3 is 1.95 bits per heavy atom. The molecule has 0 radical (unpaired) electrons. The van der Waals surface area contributed by atoms with Gasteiger partial charge in [-0.1, -0.05) is 12.1 Å². The number of halogens is 5. The first kappa shape index (κ1) is 32.0. The average Bonchev–Trinajstić information content (AvgIpc) is 2.84. The molecular weight excluding hydrogens is 545 g/mol. The Bertz CT molecular complexity index is 1260. The van der Waals surface area contributed by atoms with Crippen molar-refractivity contribution < 1.29 is 36.3 Å². The van der Waals surface area contributed by atoms with E-state index in [-0.39, 0.29) is 29.6 Å². The van der Waals surface area contributed by atoms with Gasteiger partial charge in [0.05, 0.1) is 11.7 Å². The number of benzene rings is 2. The van der Waals surface area contributed by atoms with E-state index in [9.17, 15) is 31.5 Å². The van der Waals surface area contributed by atoms with E-state index in [0.29, 0.717) is 36.3 Å². The summed E-state index contributed by atoms with van der Waals surface area (Å²) < 4.78 is 74.2. The second-order valence-corrected chi connectivity index (χ2v) is 11.9. The molecule has 3 rings (SSSR count). The Labute approximate surface area is 236 Å². The number of rotatable bonds is 9. The van der Waals surface area contributed by atoms with Crippen molar-refractivity contribution in [1.82, 2.24) is 16.0 Å². The number of hydrogen-bond donors (Lipinski definition) is 3. The largest absolute Gasteiger partial charge is 0.491 e. The van der Waals surface area contributed by atoms with Crippen LogP contribution >= 0.6 is 0 Å². The molecule has 3 N–H and O–H groups in total. The highest BCUT2D eigenvalue weighted by Crippen LogP contribution is 2.29. The van der Waals surface area contributed by atoms with E-state index in [1.54, 1.807) is 24.3 Å². The van der Waals surface area contributed by atoms with E-state index in [2.05, 4.69) is 16.0 Å². The minimum atomic E-state index is -2.30. The van der Waals surface area contributed by atoms with Crippen LogP contribution in [0.4, 0.5) is 22.0 Å². The van der Waals surface area contributed by atoms with E-state index in [4.69, 9.17) is 4.74 Å².